The molecule has 0 bridgehead atoms. The maximum atomic E-state index is 12.6. The van der Waals surface area contributed by atoms with Gasteiger partial charge in [0.05, 0.1) is 0 Å². The van der Waals surface area contributed by atoms with Crippen molar-refractivity contribution < 1.29 is 35.2 Å². The number of hydrogen-bond acceptors (Lipinski definition) is 6. The SMILES string of the molecule is COc1ccc(-c2[se]c3cc(OC)ccc3c2Sc2ccc(OS(=O)(=O)C(F)(F)F)cc2)cc1. The van der Waals surface area contributed by atoms with Gasteiger partial charge in [-0.1, -0.05) is 0 Å². The van der Waals surface area contributed by atoms with Crippen LogP contribution in [-0.2, 0) is 10.1 Å². The fourth-order valence-electron chi connectivity index (χ4n) is 3.07. The van der Waals surface area contributed by atoms with Gasteiger partial charge in [-0.15, -0.1) is 0 Å². The molecule has 0 aliphatic carbocycles. The number of hydrogen-bond donors (Lipinski definition) is 0. The van der Waals surface area contributed by atoms with Crippen LogP contribution in [-0.4, -0.2) is 42.6 Å². The normalized spacial score (nSPS) is 12.0. The topological polar surface area (TPSA) is 61.8 Å². The number of fused-ring (bicyclic) bond motifs is 1. The van der Waals surface area contributed by atoms with E-state index in [9.17, 15) is 21.6 Å². The van der Waals surface area contributed by atoms with Gasteiger partial charge in [-0.25, -0.2) is 0 Å². The summed E-state index contributed by atoms with van der Waals surface area (Å²) < 4.78 is 77.3. The third-order valence-electron chi connectivity index (χ3n) is 4.74. The fourth-order valence-corrected chi connectivity index (χ4v) is 7.53. The van der Waals surface area contributed by atoms with E-state index in [1.807, 2.05) is 42.5 Å². The molecule has 0 spiro atoms. The van der Waals surface area contributed by atoms with Crippen molar-refractivity contribution >= 4 is 46.0 Å². The van der Waals surface area contributed by atoms with Crippen molar-refractivity contribution in [2.75, 3.05) is 14.2 Å². The average molecular weight is 573 g/mol. The molecule has 4 aromatic rings. The molecule has 0 aliphatic heterocycles. The first kappa shape index (κ1) is 24.5. The first-order valence-corrected chi connectivity index (χ1v) is 13.6. The summed E-state index contributed by atoms with van der Waals surface area (Å²) in [5.74, 6) is 1.09. The van der Waals surface area contributed by atoms with E-state index in [1.54, 1.807) is 14.2 Å². The Morgan fingerprint density at radius 2 is 1.41 bits per heavy atom. The van der Waals surface area contributed by atoms with E-state index in [1.165, 1.54) is 36.0 Å². The Morgan fingerprint density at radius 1 is 0.824 bits per heavy atom. The van der Waals surface area contributed by atoms with E-state index >= 15 is 0 Å². The molecule has 178 valence electrons. The standard InChI is InChI=1S/C23H17F3O5S2Se/c1-29-15-5-3-14(4-6-15)22-21(19-12-9-17(30-2)13-20(19)34-22)32-18-10-7-16(8-11-18)31-33(27,28)23(24,25)26/h3-13H,1-2H3. The van der Waals surface area contributed by atoms with Gasteiger partial charge in [-0.2, -0.15) is 0 Å². The van der Waals surface area contributed by atoms with Gasteiger partial charge < -0.3 is 0 Å². The zero-order chi connectivity index (χ0) is 24.5. The molecule has 0 radical (unpaired) electrons. The summed E-state index contributed by atoms with van der Waals surface area (Å²) in [6, 6.07) is 19.1. The molecule has 0 atom stereocenters. The van der Waals surface area contributed by atoms with Crippen LogP contribution in [0.5, 0.6) is 17.2 Å². The van der Waals surface area contributed by atoms with Gasteiger partial charge in [-0.05, 0) is 0 Å². The molecule has 5 nitrogen and oxygen atoms in total. The molecule has 1 heterocycles. The zero-order valence-electron chi connectivity index (χ0n) is 17.8. The second-order valence-corrected chi connectivity index (χ2v) is 11.7. The van der Waals surface area contributed by atoms with E-state index in [4.69, 9.17) is 9.47 Å². The minimum atomic E-state index is -5.72. The van der Waals surface area contributed by atoms with E-state index in [0.29, 0.717) is 0 Å². The Balaban J connectivity index is 1.70. The van der Waals surface area contributed by atoms with Gasteiger partial charge in [0.15, 0.2) is 0 Å². The molecule has 3 aromatic carbocycles. The van der Waals surface area contributed by atoms with E-state index < -0.39 is 21.4 Å². The quantitative estimate of drug-likeness (QED) is 0.155. The molecule has 0 N–H and O–H groups in total. The number of ether oxygens (including phenoxy) is 2. The Kier molecular flexibility index (Phi) is 6.91. The van der Waals surface area contributed by atoms with Gasteiger partial charge in [0, 0.05) is 0 Å². The number of alkyl halides is 3. The fraction of sp³-hybridized carbons (Fsp3) is 0.130. The Bertz CT molecular complexity index is 1410. The minimum absolute atomic E-state index is 0.00929. The summed E-state index contributed by atoms with van der Waals surface area (Å²) in [6.45, 7) is 0. The van der Waals surface area contributed by atoms with Crippen LogP contribution in [0.2, 0.25) is 0 Å². The molecule has 0 saturated carbocycles. The first-order valence-electron chi connectivity index (χ1n) is 9.65. The number of halogens is 3. The monoisotopic (exact) mass is 574 g/mol. The van der Waals surface area contributed by atoms with Crippen molar-refractivity contribution in [3.8, 4) is 27.2 Å². The third kappa shape index (κ3) is 5.07. The summed E-state index contributed by atoms with van der Waals surface area (Å²) in [7, 11) is -2.51. The van der Waals surface area contributed by atoms with Gasteiger partial charge >= 0.3 is 205 Å². The van der Waals surface area contributed by atoms with E-state index in [-0.39, 0.29) is 14.5 Å². The predicted molar refractivity (Wildman–Crippen MR) is 126 cm³/mol. The van der Waals surface area contributed by atoms with Crippen molar-refractivity contribution in [1.82, 2.24) is 0 Å². The molecule has 0 saturated heterocycles. The molecule has 11 heteroatoms. The average Bonchev–Trinajstić information content (AvgIpc) is 3.16. The molecule has 34 heavy (non-hydrogen) atoms. The molecule has 0 fully saturated rings. The van der Waals surface area contributed by atoms with Crippen LogP contribution < -0.4 is 13.7 Å². The molecular formula is C23H17F3O5S2Se. The molecule has 0 aliphatic rings. The summed E-state index contributed by atoms with van der Waals surface area (Å²) in [6.07, 6.45) is 0. The van der Waals surface area contributed by atoms with Gasteiger partial charge in [0.1, 0.15) is 0 Å². The molecule has 1 aromatic heterocycles. The van der Waals surface area contributed by atoms with Crippen LogP contribution in [0.25, 0.3) is 19.6 Å². The van der Waals surface area contributed by atoms with E-state index in [0.717, 1.165) is 40.9 Å². The maximum absolute atomic E-state index is 12.6. The van der Waals surface area contributed by atoms with Crippen molar-refractivity contribution in [3.63, 3.8) is 0 Å². The number of rotatable bonds is 7. The van der Waals surface area contributed by atoms with Crippen LogP contribution in [0.3, 0.4) is 0 Å². The van der Waals surface area contributed by atoms with Crippen molar-refractivity contribution in [2.24, 2.45) is 0 Å². The Hall–Kier alpha value is -2.59. The first-order chi connectivity index (χ1) is 16.1. The third-order valence-corrected chi connectivity index (χ3v) is 9.66. The van der Waals surface area contributed by atoms with Crippen molar-refractivity contribution in [1.29, 1.82) is 0 Å². The second-order valence-electron chi connectivity index (χ2n) is 6.91. The second kappa shape index (κ2) is 9.58. The summed E-state index contributed by atoms with van der Waals surface area (Å²) in [5.41, 5.74) is -4.45. The molecule has 4 rings (SSSR count). The van der Waals surface area contributed by atoms with Crippen LogP contribution in [0, 0.1) is 0 Å². The van der Waals surface area contributed by atoms with Crippen molar-refractivity contribution in [2.45, 2.75) is 15.3 Å². The molecule has 0 unspecified atom stereocenters. The van der Waals surface area contributed by atoms with Crippen molar-refractivity contribution in [3.05, 3.63) is 66.7 Å². The van der Waals surface area contributed by atoms with Crippen LogP contribution in [0.15, 0.2) is 76.5 Å². The van der Waals surface area contributed by atoms with Gasteiger partial charge in [0.2, 0.25) is 0 Å². The summed E-state index contributed by atoms with van der Waals surface area (Å²) in [4.78, 5) is 1.73. The summed E-state index contributed by atoms with van der Waals surface area (Å²) >= 11 is 1.44. The van der Waals surface area contributed by atoms with E-state index in [2.05, 4.69) is 4.18 Å². The Labute approximate surface area is 204 Å². The molecule has 0 amide bonds. The molecular weight excluding hydrogens is 556 g/mol. The van der Waals surface area contributed by atoms with Gasteiger partial charge in [0.25, 0.3) is 0 Å². The number of benzene rings is 3. The zero-order valence-corrected chi connectivity index (χ0v) is 21.1. The van der Waals surface area contributed by atoms with Crippen LogP contribution in [0.4, 0.5) is 13.2 Å². The Morgan fingerprint density at radius 3 is 2.00 bits per heavy atom. The van der Waals surface area contributed by atoms with Crippen LogP contribution in [0.1, 0.15) is 0 Å². The predicted octanol–water partition coefficient (Wildman–Crippen LogP) is 5.96. The van der Waals surface area contributed by atoms with Crippen LogP contribution >= 0.6 is 11.8 Å². The number of methoxy groups -OCH3 is 2. The van der Waals surface area contributed by atoms with Gasteiger partial charge in [-0.3, -0.25) is 0 Å². The summed E-state index contributed by atoms with van der Waals surface area (Å²) in [5, 5.41) is 1.05.